The Bertz CT molecular complexity index is 522. The Kier molecular flexibility index (Phi) is 7.08. The number of hydrogen-bond donors (Lipinski definition) is 0. The molecule has 1 rings (SSSR count). The maximum atomic E-state index is 13.4. The number of esters is 1. The predicted octanol–water partition coefficient (Wildman–Crippen LogP) is 4.05. The number of unbranched alkanes of at least 4 members (excludes halogenated alkanes) is 3. The lowest BCUT2D eigenvalue weighted by molar-refractivity contribution is -0.385. The summed E-state index contributed by atoms with van der Waals surface area (Å²) in [5.74, 6) is -0.950. The van der Waals surface area contributed by atoms with Gasteiger partial charge in [0.05, 0.1) is 16.6 Å². The van der Waals surface area contributed by atoms with Crippen molar-refractivity contribution < 1.29 is 18.8 Å². The molecule has 0 aliphatic heterocycles. The maximum Gasteiger partial charge on any atom is 0.302 e. The summed E-state index contributed by atoms with van der Waals surface area (Å²) in [6, 6.07) is 2.17. The Labute approximate surface area is 127 Å². The molecule has 0 atom stereocenters. The van der Waals surface area contributed by atoms with Gasteiger partial charge in [-0.15, -0.1) is 0 Å². The zero-order valence-electron chi connectivity index (χ0n) is 11.7. The van der Waals surface area contributed by atoms with Crippen molar-refractivity contribution in [1.82, 2.24) is 0 Å². The van der Waals surface area contributed by atoms with Crippen molar-refractivity contribution in [3.63, 3.8) is 0 Å². The van der Waals surface area contributed by atoms with E-state index in [1.807, 2.05) is 0 Å². The van der Waals surface area contributed by atoms with Crippen molar-refractivity contribution in [2.75, 3.05) is 6.61 Å². The third-order valence-corrected chi connectivity index (χ3v) is 3.25. The van der Waals surface area contributed by atoms with E-state index in [4.69, 9.17) is 16.3 Å². The summed E-state index contributed by atoms with van der Waals surface area (Å²) in [6.07, 6.45) is 3.52. The minimum Gasteiger partial charge on any atom is -0.466 e. The van der Waals surface area contributed by atoms with Crippen molar-refractivity contribution in [2.45, 2.75) is 39.0 Å². The van der Waals surface area contributed by atoms with Crippen LogP contribution in [0.1, 0.15) is 38.2 Å². The SMILES string of the molecule is CC(=O)OCCCCCCc1cc(F)c(Cl)cc1[N+](=O)[O-]. The smallest absolute Gasteiger partial charge is 0.302 e. The van der Waals surface area contributed by atoms with Crippen LogP contribution < -0.4 is 0 Å². The lowest BCUT2D eigenvalue weighted by atomic mass is 10.0. The van der Waals surface area contributed by atoms with E-state index < -0.39 is 10.7 Å². The molecule has 0 spiro atoms. The Hall–Kier alpha value is -1.69. The Morgan fingerprint density at radius 2 is 2.00 bits per heavy atom. The van der Waals surface area contributed by atoms with Gasteiger partial charge < -0.3 is 4.74 Å². The summed E-state index contributed by atoms with van der Waals surface area (Å²) in [6.45, 7) is 1.74. The van der Waals surface area contributed by atoms with Gasteiger partial charge in [0.2, 0.25) is 0 Å². The number of ether oxygens (including phenoxy) is 1. The Balaban J connectivity index is 2.43. The van der Waals surface area contributed by atoms with E-state index in [0.29, 0.717) is 25.0 Å². The van der Waals surface area contributed by atoms with E-state index in [1.165, 1.54) is 6.92 Å². The van der Waals surface area contributed by atoms with Crippen LogP contribution in [0.25, 0.3) is 0 Å². The molecule has 0 aromatic heterocycles. The van der Waals surface area contributed by atoms with Crippen LogP contribution in [-0.2, 0) is 16.0 Å². The highest BCUT2D eigenvalue weighted by atomic mass is 35.5. The molecule has 0 fully saturated rings. The number of nitro benzene ring substituents is 1. The van der Waals surface area contributed by atoms with Gasteiger partial charge in [-0.05, 0) is 25.3 Å². The predicted molar refractivity (Wildman–Crippen MR) is 76.9 cm³/mol. The minimum atomic E-state index is -0.646. The molecule has 0 bridgehead atoms. The molecule has 5 nitrogen and oxygen atoms in total. The Morgan fingerprint density at radius 1 is 1.33 bits per heavy atom. The fraction of sp³-hybridized carbons (Fsp3) is 0.500. The van der Waals surface area contributed by atoms with Gasteiger partial charge in [0, 0.05) is 18.6 Å². The lowest BCUT2D eigenvalue weighted by Crippen LogP contribution is -2.00. The highest BCUT2D eigenvalue weighted by molar-refractivity contribution is 6.31. The van der Waals surface area contributed by atoms with Crippen LogP contribution in [0.3, 0.4) is 0 Å². The number of aryl methyl sites for hydroxylation is 1. The van der Waals surface area contributed by atoms with E-state index in [1.54, 1.807) is 0 Å². The monoisotopic (exact) mass is 317 g/mol. The van der Waals surface area contributed by atoms with Gasteiger partial charge in [-0.2, -0.15) is 0 Å². The minimum absolute atomic E-state index is 0.152. The molecule has 0 saturated heterocycles. The summed E-state index contributed by atoms with van der Waals surface area (Å²) in [5.41, 5.74) is 0.197. The molecule has 0 radical (unpaired) electrons. The number of carbonyl (C=O) groups excluding carboxylic acids is 1. The second-order valence-corrected chi connectivity index (χ2v) is 5.06. The van der Waals surface area contributed by atoms with Crippen molar-refractivity contribution in [2.24, 2.45) is 0 Å². The molecule has 7 heteroatoms. The number of hydrogen-bond acceptors (Lipinski definition) is 4. The van der Waals surface area contributed by atoms with Crippen LogP contribution in [0.15, 0.2) is 12.1 Å². The second-order valence-electron chi connectivity index (χ2n) is 4.66. The molecular weight excluding hydrogens is 301 g/mol. The quantitative estimate of drug-likeness (QED) is 0.314. The molecular formula is C14H17ClFNO4. The first-order chi connectivity index (χ1) is 9.91. The van der Waals surface area contributed by atoms with Gasteiger partial charge in [-0.25, -0.2) is 4.39 Å². The standard InChI is InChI=1S/C14H17ClFNO4/c1-10(18)21-7-5-3-2-4-6-11-8-13(16)12(15)9-14(11)17(19)20/h8-9H,2-7H2,1H3. The lowest BCUT2D eigenvalue weighted by Gasteiger charge is -2.05. The van der Waals surface area contributed by atoms with Crippen LogP contribution >= 0.6 is 11.6 Å². The first-order valence-corrected chi connectivity index (χ1v) is 7.05. The van der Waals surface area contributed by atoms with Gasteiger partial charge in [-0.3, -0.25) is 14.9 Å². The third-order valence-electron chi connectivity index (χ3n) is 2.96. The van der Waals surface area contributed by atoms with E-state index in [2.05, 4.69) is 0 Å². The van der Waals surface area contributed by atoms with Gasteiger partial charge in [0.25, 0.3) is 5.69 Å². The number of carbonyl (C=O) groups is 1. The zero-order chi connectivity index (χ0) is 15.8. The second kappa shape index (κ2) is 8.56. The fourth-order valence-electron chi connectivity index (χ4n) is 1.93. The number of rotatable bonds is 8. The van der Waals surface area contributed by atoms with E-state index in [0.717, 1.165) is 31.4 Å². The summed E-state index contributed by atoms with van der Waals surface area (Å²) < 4.78 is 18.2. The zero-order valence-corrected chi connectivity index (χ0v) is 12.5. The van der Waals surface area contributed by atoms with Crippen LogP contribution in [0.4, 0.5) is 10.1 Å². The van der Waals surface area contributed by atoms with Gasteiger partial charge in [-0.1, -0.05) is 24.4 Å². The molecule has 0 aliphatic rings. The number of nitro groups is 1. The van der Waals surface area contributed by atoms with Crippen molar-refractivity contribution in [3.05, 3.63) is 38.7 Å². The highest BCUT2D eigenvalue weighted by Crippen LogP contribution is 2.27. The number of benzene rings is 1. The van der Waals surface area contributed by atoms with Gasteiger partial charge in [0.15, 0.2) is 0 Å². The van der Waals surface area contributed by atoms with Crippen LogP contribution in [0, 0.1) is 15.9 Å². The highest BCUT2D eigenvalue weighted by Gasteiger charge is 2.17. The first-order valence-electron chi connectivity index (χ1n) is 6.67. The molecule has 0 amide bonds. The molecule has 0 heterocycles. The molecule has 0 saturated carbocycles. The number of nitrogens with zero attached hydrogens (tertiary/aromatic N) is 1. The van der Waals surface area contributed by atoms with Crippen molar-refractivity contribution in [3.8, 4) is 0 Å². The first kappa shape index (κ1) is 17.4. The van der Waals surface area contributed by atoms with Crippen LogP contribution in [0.5, 0.6) is 0 Å². The molecule has 1 aromatic carbocycles. The van der Waals surface area contributed by atoms with Gasteiger partial charge >= 0.3 is 5.97 Å². The average Bonchev–Trinajstić information content (AvgIpc) is 2.40. The molecule has 0 unspecified atom stereocenters. The maximum absolute atomic E-state index is 13.4. The topological polar surface area (TPSA) is 69.4 Å². The van der Waals surface area contributed by atoms with E-state index in [-0.39, 0.29) is 16.7 Å². The van der Waals surface area contributed by atoms with Crippen molar-refractivity contribution >= 4 is 23.3 Å². The largest absolute Gasteiger partial charge is 0.466 e. The van der Waals surface area contributed by atoms with Gasteiger partial charge in [0.1, 0.15) is 5.82 Å². The van der Waals surface area contributed by atoms with E-state index in [9.17, 15) is 19.3 Å². The van der Waals surface area contributed by atoms with E-state index >= 15 is 0 Å². The Morgan fingerprint density at radius 3 is 2.62 bits per heavy atom. The summed E-state index contributed by atoms with van der Waals surface area (Å²) >= 11 is 5.55. The fourth-order valence-corrected chi connectivity index (χ4v) is 2.09. The van der Waals surface area contributed by atoms with Crippen molar-refractivity contribution in [1.29, 1.82) is 0 Å². The molecule has 0 aliphatic carbocycles. The molecule has 21 heavy (non-hydrogen) atoms. The molecule has 116 valence electrons. The van der Waals surface area contributed by atoms with Crippen LogP contribution in [0.2, 0.25) is 5.02 Å². The third kappa shape index (κ3) is 6.08. The summed E-state index contributed by atoms with van der Waals surface area (Å²) in [4.78, 5) is 20.9. The molecule has 0 N–H and O–H groups in total. The summed E-state index contributed by atoms with van der Waals surface area (Å²) in [7, 11) is 0. The summed E-state index contributed by atoms with van der Waals surface area (Å²) in [5, 5.41) is 10.7. The normalized spacial score (nSPS) is 10.4. The number of halogens is 2. The average molecular weight is 318 g/mol. The molecule has 1 aromatic rings. The van der Waals surface area contributed by atoms with Crippen LogP contribution in [-0.4, -0.2) is 17.5 Å².